The van der Waals surface area contributed by atoms with Crippen molar-refractivity contribution in [2.24, 2.45) is 5.89 Å². The van der Waals surface area contributed by atoms with Gasteiger partial charge < -0.3 is 10.2 Å². The zero-order chi connectivity index (χ0) is 24.5. The smallest absolute Gasteiger partial charge is 0.263 e. The lowest BCUT2D eigenvalue weighted by Gasteiger charge is -2.33. The summed E-state index contributed by atoms with van der Waals surface area (Å²) in [6, 6.07) is 12.5. The van der Waals surface area contributed by atoms with Crippen molar-refractivity contribution in [2.45, 2.75) is 31.6 Å². The van der Waals surface area contributed by atoms with Gasteiger partial charge in [0.05, 0.1) is 5.89 Å². The molecule has 174 valence electrons. The standard InChI is InChI=1S/C25H23BrF4N2O/c26-18-8-9-21(22(14-18)16-4-6-17(7-5-16)23(27)28)24(33)31-19-2-1-3-20(15-19)32-12-10-25(29,30)11-13-32/h1-8,14-15,21,23H,9-13H2,(H,31,33)/i21D. The van der Waals surface area contributed by atoms with Gasteiger partial charge in [0.2, 0.25) is 5.91 Å². The average Bonchev–Trinajstić information content (AvgIpc) is 2.81. The minimum absolute atomic E-state index is 0.0861. The lowest BCUT2D eigenvalue weighted by molar-refractivity contribution is -0.118. The second-order valence-corrected chi connectivity index (χ2v) is 9.02. The Hall–Kier alpha value is -2.61. The molecule has 2 aromatic rings. The number of hydrogen-bond donors (Lipinski definition) is 1. The quantitative estimate of drug-likeness (QED) is 0.421. The molecule has 33 heavy (non-hydrogen) atoms. The number of halogens is 5. The lowest BCUT2D eigenvalue weighted by atomic mass is 9.85. The Kier molecular flexibility index (Phi) is 6.53. The van der Waals surface area contributed by atoms with E-state index in [1.165, 1.54) is 24.3 Å². The molecule has 0 spiro atoms. The Morgan fingerprint density at radius 3 is 2.52 bits per heavy atom. The van der Waals surface area contributed by atoms with Crippen molar-refractivity contribution in [1.82, 2.24) is 0 Å². The number of rotatable bonds is 5. The van der Waals surface area contributed by atoms with Gasteiger partial charge in [0.1, 0.15) is 0 Å². The largest absolute Gasteiger partial charge is 0.371 e. The van der Waals surface area contributed by atoms with Crippen LogP contribution in [-0.2, 0) is 4.79 Å². The van der Waals surface area contributed by atoms with E-state index in [1.807, 2.05) is 4.90 Å². The van der Waals surface area contributed by atoms with Crippen LogP contribution in [0.4, 0.5) is 28.9 Å². The van der Waals surface area contributed by atoms with Gasteiger partial charge in [-0.3, -0.25) is 4.79 Å². The number of nitrogens with one attached hydrogen (secondary N) is 1. The summed E-state index contributed by atoms with van der Waals surface area (Å²) in [7, 11) is 0. The van der Waals surface area contributed by atoms with Gasteiger partial charge in [-0.1, -0.05) is 52.3 Å². The third kappa shape index (κ3) is 5.66. The molecule has 1 unspecified atom stereocenters. The third-order valence-electron chi connectivity index (χ3n) is 5.82. The second-order valence-electron chi connectivity index (χ2n) is 8.10. The maximum Gasteiger partial charge on any atom is 0.263 e. The van der Waals surface area contributed by atoms with E-state index in [0.717, 1.165) is 5.69 Å². The first kappa shape index (κ1) is 22.2. The van der Waals surface area contributed by atoms with Crippen LogP contribution in [0.15, 0.2) is 65.2 Å². The molecule has 1 heterocycles. The van der Waals surface area contributed by atoms with Gasteiger partial charge in [0.25, 0.3) is 12.3 Å². The molecule has 1 N–H and O–H groups in total. The summed E-state index contributed by atoms with van der Waals surface area (Å²) in [5.41, 5.74) is 1.92. The van der Waals surface area contributed by atoms with Crippen molar-refractivity contribution >= 4 is 38.8 Å². The van der Waals surface area contributed by atoms with Gasteiger partial charge in [0, 0.05) is 48.7 Å². The summed E-state index contributed by atoms with van der Waals surface area (Å²) in [4.78, 5) is 15.2. The zero-order valence-electron chi connectivity index (χ0n) is 18.6. The highest BCUT2D eigenvalue weighted by Crippen LogP contribution is 2.36. The maximum absolute atomic E-state index is 13.5. The number of amides is 1. The Labute approximate surface area is 199 Å². The van der Waals surface area contributed by atoms with E-state index < -0.39 is 24.1 Å². The topological polar surface area (TPSA) is 32.3 Å². The van der Waals surface area contributed by atoms with E-state index in [1.54, 1.807) is 36.4 Å². The van der Waals surface area contributed by atoms with Crippen LogP contribution < -0.4 is 10.2 Å². The Bertz CT molecular complexity index is 1130. The first-order valence-corrected chi connectivity index (χ1v) is 11.4. The molecule has 1 atom stereocenters. The number of benzene rings is 2. The molecule has 0 saturated carbocycles. The number of allylic oxidation sites excluding steroid dienone is 3. The molecule has 2 aromatic carbocycles. The number of anilines is 2. The summed E-state index contributed by atoms with van der Waals surface area (Å²) in [5.74, 6) is -4.92. The van der Waals surface area contributed by atoms with E-state index in [9.17, 15) is 22.4 Å². The predicted octanol–water partition coefficient (Wildman–Crippen LogP) is 7.18. The van der Waals surface area contributed by atoms with Crippen molar-refractivity contribution in [3.05, 3.63) is 76.3 Å². The normalized spacial score (nSPS) is 23.0. The number of alkyl halides is 4. The van der Waals surface area contributed by atoms with Crippen LogP contribution in [0.5, 0.6) is 0 Å². The molecule has 1 fully saturated rings. The van der Waals surface area contributed by atoms with E-state index >= 15 is 0 Å². The van der Waals surface area contributed by atoms with Crippen molar-refractivity contribution in [1.29, 1.82) is 0 Å². The molecule has 4 rings (SSSR count). The maximum atomic E-state index is 13.5. The van der Waals surface area contributed by atoms with Gasteiger partial charge in [-0.25, -0.2) is 17.6 Å². The van der Waals surface area contributed by atoms with Gasteiger partial charge in [-0.05, 0) is 41.8 Å². The minimum Gasteiger partial charge on any atom is -0.371 e. The number of piperidine rings is 1. The van der Waals surface area contributed by atoms with Crippen LogP contribution >= 0.6 is 15.9 Å². The average molecular weight is 524 g/mol. The number of carbonyl (C=O) groups excluding carboxylic acids is 1. The van der Waals surface area contributed by atoms with Crippen LogP contribution in [0.3, 0.4) is 0 Å². The first-order chi connectivity index (χ1) is 16.1. The van der Waals surface area contributed by atoms with Gasteiger partial charge in [0.15, 0.2) is 0 Å². The number of carbonyl (C=O) groups is 1. The van der Waals surface area contributed by atoms with Crippen molar-refractivity contribution in [3.8, 4) is 0 Å². The fourth-order valence-corrected chi connectivity index (χ4v) is 4.34. The van der Waals surface area contributed by atoms with Gasteiger partial charge in [-0.15, -0.1) is 0 Å². The van der Waals surface area contributed by atoms with Crippen LogP contribution in [0.1, 0.15) is 38.2 Å². The molecule has 1 amide bonds. The van der Waals surface area contributed by atoms with Gasteiger partial charge >= 0.3 is 0 Å². The van der Waals surface area contributed by atoms with Crippen molar-refractivity contribution < 1.29 is 23.7 Å². The Morgan fingerprint density at radius 1 is 1.15 bits per heavy atom. The molecule has 0 aromatic heterocycles. The molecule has 8 heteroatoms. The lowest BCUT2D eigenvalue weighted by Crippen LogP contribution is -2.39. The number of hydrogen-bond acceptors (Lipinski definition) is 2. The van der Waals surface area contributed by atoms with E-state index in [2.05, 4.69) is 21.2 Å². The molecular formula is C25H23BrF4N2O. The molecule has 3 nitrogen and oxygen atoms in total. The predicted molar refractivity (Wildman–Crippen MR) is 126 cm³/mol. The molecule has 1 aliphatic carbocycles. The highest BCUT2D eigenvalue weighted by molar-refractivity contribution is 9.11. The van der Waals surface area contributed by atoms with Crippen LogP contribution in [-0.4, -0.2) is 24.9 Å². The minimum atomic E-state index is -2.65. The fourth-order valence-electron chi connectivity index (χ4n) is 3.95. The third-order valence-corrected chi connectivity index (χ3v) is 6.37. The highest BCUT2D eigenvalue weighted by atomic mass is 79.9. The summed E-state index contributed by atoms with van der Waals surface area (Å²) in [6.07, 6.45) is 0.399. The van der Waals surface area contributed by atoms with E-state index in [0.29, 0.717) is 21.3 Å². The molecule has 0 bridgehead atoms. The monoisotopic (exact) mass is 523 g/mol. The van der Waals surface area contributed by atoms with Gasteiger partial charge in [-0.2, -0.15) is 0 Å². The summed E-state index contributed by atoms with van der Waals surface area (Å²) in [6.45, 7) is 0.431. The SMILES string of the molecule is [2H]C1(C(=O)Nc2cccc(N3CCC(F)(F)CC3)c2)CC=C(Br)C=C1c1ccc(C(F)F)cc1. The Morgan fingerprint density at radius 2 is 1.85 bits per heavy atom. The van der Waals surface area contributed by atoms with Crippen molar-refractivity contribution in [2.75, 3.05) is 23.3 Å². The molecule has 1 aliphatic heterocycles. The zero-order valence-corrected chi connectivity index (χ0v) is 19.2. The van der Waals surface area contributed by atoms with Crippen molar-refractivity contribution in [3.63, 3.8) is 0 Å². The summed E-state index contributed by atoms with van der Waals surface area (Å²) >= 11 is 3.38. The highest BCUT2D eigenvalue weighted by Gasteiger charge is 2.34. The summed E-state index contributed by atoms with van der Waals surface area (Å²) in [5, 5.41) is 2.79. The Balaban J connectivity index is 1.55. The van der Waals surface area contributed by atoms with E-state index in [4.69, 9.17) is 1.37 Å². The number of nitrogens with zero attached hydrogens (tertiary/aromatic N) is 1. The molecule has 1 saturated heterocycles. The second kappa shape index (κ2) is 9.71. The molecule has 0 radical (unpaired) electrons. The van der Waals surface area contributed by atoms with E-state index in [-0.39, 0.29) is 37.9 Å². The van der Waals surface area contributed by atoms with Crippen LogP contribution in [0.25, 0.3) is 5.57 Å². The van der Waals surface area contributed by atoms with Crippen LogP contribution in [0.2, 0.25) is 0 Å². The fraction of sp³-hybridized carbons (Fsp3) is 0.320. The van der Waals surface area contributed by atoms with Crippen LogP contribution in [0, 0.1) is 5.89 Å². The molecule has 2 aliphatic rings. The molecular weight excluding hydrogens is 500 g/mol. The summed E-state index contributed by atoms with van der Waals surface area (Å²) < 4.78 is 62.6. The first-order valence-electron chi connectivity index (χ1n) is 11.1.